The summed E-state index contributed by atoms with van der Waals surface area (Å²) in [7, 11) is 0. The minimum atomic E-state index is 0.905. The zero-order valence-electron chi connectivity index (χ0n) is 14.3. The molecule has 0 N–H and O–H groups in total. The Bertz CT molecular complexity index is 915. The molecule has 0 aromatic heterocycles. The third-order valence-electron chi connectivity index (χ3n) is 4.18. The standard InChI is InChI=1S/C24H16/c1-17-13-21-9-5-6-11-23-15-19(3)20(4)16-24(23)12-8-7-10-22(21)14-18(17)2/h13-16H,1-4H3. The Balaban J connectivity index is 2.20. The van der Waals surface area contributed by atoms with Crippen LogP contribution in [-0.2, 0) is 0 Å². The molecular weight excluding hydrogens is 288 g/mol. The number of rotatable bonds is 0. The lowest BCUT2D eigenvalue weighted by Gasteiger charge is -2.04. The van der Waals surface area contributed by atoms with Gasteiger partial charge in [-0.05, 0) is 97.9 Å². The second kappa shape index (κ2) is 6.43. The molecule has 0 fully saturated rings. The van der Waals surface area contributed by atoms with Crippen LogP contribution < -0.4 is 0 Å². The van der Waals surface area contributed by atoms with Gasteiger partial charge in [0, 0.05) is 22.3 Å². The van der Waals surface area contributed by atoms with Crippen LogP contribution in [0.3, 0.4) is 0 Å². The highest BCUT2D eigenvalue weighted by atomic mass is 14.1. The third-order valence-corrected chi connectivity index (χ3v) is 4.18. The van der Waals surface area contributed by atoms with E-state index >= 15 is 0 Å². The van der Waals surface area contributed by atoms with Crippen molar-refractivity contribution in [1.29, 1.82) is 0 Å². The van der Waals surface area contributed by atoms with Gasteiger partial charge in [-0.25, -0.2) is 0 Å². The zero-order valence-corrected chi connectivity index (χ0v) is 14.3. The summed E-state index contributed by atoms with van der Waals surface area (Å²) in [5, 5.41) is 0. The molecule has 0 heterocycles. The van der Waals surface area contributed by atoms with Crippen molar-refractivity contribution in [3.8, 4) is 47.4 Å². The summed E-state index contributed by atoms with van der Waals surface area (Å²) in [6.45, 7) is 8.31. The maximum absolute atomic E-state index is 3.13. The van der Waals surface area contributed by atoms with Crippen molar-refractivity contribution < 1.29 is 0 Å². The maximum atomic E-state index is 3.13. The molecule has 112 valence electrons. The van der Waals surface area contributed by atoms with Crippen LogP contribution in [0.15, 0.2) is 24.3 Å². The van der Waals surface area contributed by atoms with Gasteiger partial charge < -0.3 is 0 Å². The predicted molar refractivity (Wildman–Crippen MR) is 99.3 cm³/mol. The van der Waals surface area contributed by atoms with E-state index < -0.39 is 0 Å². The molecule has 0 amide bonds. The van der Waals surface area contributed by atoms with E-state index in [4.69, 9.17) is 0 Å². The minimum Gasteiger partial charge on any atom is -0.0515 e. The molecule has 0 bridgehead atoms. The quantitative estimate of drug-likeness (QED) is 0.644. The molecular formula is C24H16. The highest BCUT2D eigenvalue weighted by molar-refractivity contribution is 5.60. The number of aryl methyl sites for hydroxylation is 4. The summed E-state index contributed by atoms with van der Waals surface area (Å²) in [4.78, 5) is 0. The van der Waals surface area contributed by atoms with Crippen molar-refractivity contribution in [2.75, 3.05) is 0 Å². The summed E-state index contributed by atoms with van der Waals surface area (Å²) < 4.78 is 0. The van der Waals surface area contributed by atoms with Crippen molar-refractivity contribution in [3.63, 3.8) is 0 Å². The first-order valence-electron chi connectivity index (χ1n) is 7.81. The fraction of sp³-hybridized carbons (Fsp3) is 0.167. The first kappa shape index (κ1) is 15.6. The molecule has 0 heteroatoms. The van der Waals surface area contributed by atoms with Gasteiger partial charge >= 0.3 is 0 Å². The fourth-order valence-electron chi connectivity index (χ4n) is 2.44. The number of benzene rings is 2. The molecule has 0 radical (unpaired) electrons. The lowest BCUT2D eigenvalue weighted by Crippen LogP contribution is -1.91. The summed E-state index contributed by atoms with van der Waals surface area (Å²) in [6, 6.07) is 8.26. The van der Waals surface area contributed by atoms with E-state index in [2.05, 4.69) is 99.3 Å². The van der Waals surface area contributed by atoms with Gasteiger partial charge in [0.15, 0.2) is 0 Å². The van der Waals surface area contributed by atoms with E-state index in [9.17, 15) is 0 Å². The summed E-state index contributed by atoms with van der Waals surface area (Å²) in [5.74, 6) is 24.3. The molecule has 0 nitrogen and oxygen atoms in total. The Morgan fingerprint density at radius 1 is 0.417 bits per heavy atom. The first-order chi connectivity index (χ1) is 11.5. The monoisotopic (exact) mass is 304 g/mol. The molecule has 0 spiro atoms. The van der Waals surface area contributed by atoms with Crippen molar-refractivity contribution in [2.45, 2.75) is 27.7 Å². The van der Waals surface area contributed by atoms with E-state index in [1.807, 2.05) is 0 Å². The summed E-state index contributed by atoms with van der Waals surface area (Å²) in [6.07, 6.45) is 0. The van der Waals surface area contributed by atoms with E-state index in [0.717, 1.165) is 22.3 Å². The lowest BCUT2D eigenvalue weighted by atomic mass is 9.99. The number of hydrogen-bond donors (Lipinski definition) is 0. The number of fused-ring (bicyclic) bond motifs is 2. The fourth-order valence-corrected chi connectivity index (χ4v) is 2.44. The normalized spacial score (nSPS) is 10.5. The molecule has 0 saturated carbocycles. The van der Waals surface area contributed by atoms with Crippen molar-refractivity contribution >= 4 is 0 Å². The summed E-state index contributed by atoms with van der Waals surface area (Å²) >= 11 is 0. The van der Waals surface area contributed by atoms with Crippen LogP contribution in [0.4, 0.5) is 0 Å². The average molecular weight is 304 g/mol. The van der Waals surface area contributed by atoms with Gasteiger partial charge in [0.2, 0.25) is 0 Å². The lowest BCUT2D eigenvalue weighted by molar-refractivity contribution is 1.32. The Morgan fingerprint density at radius 3 is 0.833 bits per heavy atom. The second-order valence-corrected chi connectivity index (χ2v) is 5.96. The van der Waals surface area contributed by atoms with Crippen LogP contribution in [0.5, 0.6) is 0 Å². The predicted octanol–water partition coefficient (Wildman–Crippen LogP) is 4.04. The minimum absolute atomic E-state index is 0.905. The van der Waals surface area contributed by atoms with Gasteiger partial charge in [-0.2, -0.15) is 0 Å². The summed E-state index contributed by atoms with van der Waals surface area (Å²) in [5.41, 5.74) is 8.43. The molecule has 1 aliphatic carbocycles. The Hall–Kier alpha value is -3.32. The smallest absolute Gasteiger partial charge is 0.0415 e. The zero-order chi connectivity index (χ0) is 17.1. The molecule has 0 unspecified atom stereocenters. The van der Waals surface area contributed by atoms with E-state index in [-0.39, 0.29) is 0 Å². The number of hydrogen-bond acceptors (Lipinski definition) is 0. The first-order valence-corrected chi connectivity index (χ1v) is 7.81. The topological polar surface area (TPSA) is 0 Å². The van der Waals surface area contributed by atoms with Gasteiger partial charge in [-0.3, -0.25) is 0 Å². The molecule has 0 aliphatic heterocycles. The van der Waals surface area contributed by atoms with Crippen molar-refractivity contribution in [3.05, 3.63) is 68.8 Å². The van der Waals surface area contributed by atoms with Gasteiger partial charge in [-0.15, -0.1) is 0 Å². The maximum Gasteiger partial charge on any atom is 0.0415 e. The largest absolute Gasteiger partial charge is 0.0515 e. The average Bonchev–Trinajstić information content (AvgIpc) is 2.54. The molecule has 2 aromatic rings. The third kappa shape index (κ3) is 3.21. The van der Waals surface area contributed by atoms with Crippen molar-refractivity contribution in [2.24, 2.45) is 0 Å². The van der Waals surface area contributed by atoms with Crippen LogP contribution in [-0.4, -0.2) is 0 Å². The molecule has 0 saturated heterocycles. The van der Waals surface area contributed by atoms with Gasteiger partial charge in [0.05, 0.1) is 0 Å². The molecule has 0 atom stereocenters. The Labute approximate surface area is 144 Å². The van der Waals surface area contributed by atoms with Crippen LogP contribution in [0.1, 0.15) is 44.5 Å². The highest BCUT2D eigenvalue weighted by Gasteiger charge is 2.03. The van der Waals surface area contributed by atoms with Crippen LogP contribution in [0.25, 0.3) is 0 Å². The molecule has 2 aromatic carbocycles. The van der Waals surface area contributed by atoms with E-state index in [1.54, 1.807) is 0 Å². The molecule has 24 heavy (non-hydrogen) atoms. The SMILES string of the molecule is Cc1cc2c(cc1C)C#CC#Cc1cc(C)c(C)cc1C#CC#C2. The van der Waals surface area contributed by atoms with E-state index in [1.165, 1.54) is 22.3 Å². The van der Waals surface area contributed by atoms with Gasteiger partial charge in [0.1, 0.15) is 0 Å². The second-order valence-electron chi connectivity index (χ2n) is 5.96. The van der Waals surface area contributed by atoms with Gasteiger partial charge in [-0.1, -0.05) is 23.7 Å². The van der Waals surface area contributed by atoms with Gasteiger partial charge in [0.25, 0.3) is 0 Å². The van der Waals surface area contributed by atoms with Crippen molar-refractivity contribution in [1.82, 2.24) is 0 Å². The van der Waals surface area contributed by atoms with E-state index in [0.29, 0.717) is 0 Å². The molecule has 1 aliphatic rings. The Kier molecular flexibility index (Phi) is 4.17. The highest BCUT2D eigenvalue weighted by Crippen LogP contribution is 2.16. The Morgan fingerprint density at radius 2 is 0.625 bits per heavy atom. The molecule has 3 rings (SSSR count). The van der Waals surface area contributed by atoms with Crippen LogP contribution in [0, 0.1) is 75.1 Å². The van der Waals surface area contributed by atoms with Crippen LogP contribution >= 0.6 is 0 Å². The van der Waals surface area contributed by atoms with Crippen LogP contribution in [0.2, 0.25) is 0 Å².